The maximum atomic E-state index is 13.5. The predicted octanol–water partition coefficient (Wildman–Crippen LogP) is 5.38. The number of ketones is 1. The largest absolute Gasteiger partial charge is 0.507 e. The van der Waals surface area contributed by atoms with E-state index >= 15 is 0 Å². The number of amides is 1. The van der Waals surface area contributed by atoms with Crippen LogP contribution >= 0.6 is 0 Å². The van der Waals surface area contributed by atoms with Gasteiger partial charge in [0.2, 0.25) is 0 Å². The molecule has 1 unspecified atom stereocenters. The number of benzene rings is 3. The third-order valence-electron chi connectivity index (χ3n) is 6.36. The minimum absolute atomic E-state index is 0.0781. The molecule has 1 aliphatic heterocycles. The quantitative estimate of drug-likeness (QED) is 0.148. The van der Waals surface area contributed by atoms with E-state index in [4.69, 9.17) is 14.2 Å². The standard InChI is InChI=1S/C30H29NO7/c1-17(2)24-16-20(9-14-25(24)37-5)28(33)26-27(19-7-6-8-23(15-19)38-18(3)32)31(30(35)29(26)34)21-10-12-22(36-4)13-11-21/h6-17,27,33H,1-5H3/b28-26+. The Morgan fingerprint density at radius 3 is 2.24 bits per heavy atom. The molecule has 0 saturated carbocycles. The molecular weight excluding hydrogens is 486 g/mol. The van der Waals surface area contributed by atoms with Gasteiger partial charge in [-0.05, 0) is 71.6 Å². The van der Waals surface area contributed by atoms with Crippen LogP contribution in [0, 0.1) is 0 Å². The molecule has 0 spiro atoms. The summed E-state index contributed by atoms with van der Waals surface area (Å²) in [4.78, 5) is 39.8. The Labute approximate surface area is 221 Å². The number of carbonyl (C=O) groups is 3. The molecule has 8 heteroatoms. The van der Waals surface area contributed by atoms with Crippen LogP contribution in [0.3, 0.4) is 0 Å². The number of Topliss-reactive ketones (excluding diaryl/α,β-unsaturated/α-hetero) is 1. The molecule has 1 fully saturated rings. The van der Waals surface area contributed by atoms with Crippen LogP contribution in [-0.4, -0.2) is 37.0 Å². The Hall–Kier alpha value is -4.59. The average molecular weight is 516 g/mol. The van der Waals surface area contributed by atoms with Crippen molar-refractivity contribution >= 4 is 29.1 Å². The van der Waals surface area contributed by atoms with E-state index in [9.17, 15) is 19.5 Å². The number of hydrogen-bond donors (Lipinski definition) is 1. The van der Waals surface area contributed by atoms with Crippen LogP contribution in [0.5, 0.6) is 17.2 Å². The fraction of sp³-hybridized carbons (Fsp3) is 0.233. The number of aliphatic hydroxyl groups excluding tert-OH is 1. The summed E-state index contributed by atoms with van der Waals surface area (Å²) in [6.45, 7) is 5.27. The van der Waals surface area contributed by atoms with Gasteiger partial charge in [0.25, 0.3) is 11.7 Å². The van der Waals surface area contributed by atoms with Gasteiger partial charge in [0.15, 0.2) is 0 Å². The van der Waals surface area contributed by atoms with Crippen molar-refractivity contribution < 1.29 is 33.7 Å². The summed E-state index contributed by atoms with van der Waals surface area (Å²) >= 11 is 0. The highest BCUT2D eigenvalue weighted by Gasteiger charge is 2.47. The summed E-state index contributed by atoms with van der Waals surface area (Å²) < 4.78 is 15.9. The number of aliphatic hydroxyl groups is 1. The number of methoxy groups -OCH3 is 2. The summed E-state index contributed by atoms with van der Waals surface area (Å²) in [7, 11) is 3.10. The molecule has 8 nitrogen and oxygen atoms in total. The number of hydrogen-bond acceptors (Lipinski definition) is 7. The summed E-state index contributed by atoms with van der Waals surface area (Å²) in [5.74, 6) is -0.880. The maximum absolute atomic E-state index is 13.5. The lowest BCUT2D eigenvalue weighted by atomic mass is 9.93. The van der Waals surface area contributed by atoms with Gasteiger partial charge < -0.3 is 19.3 Å². The molecule has 0 bridgehead atoms. The fourth-order valence-corrected chi connectivity index (χ4v) is 4.56. The highest BCUT2D eigenvalue weighted by molar-refractivity contribution is 6.51. The first kappa shape index (κ1) is 26.5. The number of ether oxygens (including phenoxy) is 3. The van der Waals surface area contributed by atoms with Gasteiger partial charge in [-0.15, -0.1) is 0 Å². The van der Waals surface area contributed by atoms with Crippen LogP contribution in [-0.2, 0) is 14.4 Å². The lowest BCUT2D eigenvalue weighted by molar-refractivity contribution is -0.132. The molecule has 0 radical (unpaired) electrons. The lowest BCUT2D eigenvalue weighted by Gasteiger charge is -2.26. The second-order valence-electron chi connectivity index (χ2n) is 9.14. The smallest absolute Gasteiger partial charge is 0.308 e. The second kappa shape index (κ2) is 10.8. The van der Waals surface area contributed by atoms with Gasteiger partial charge in [-0.3, -0.25) is 19.3 Å². The van der Waals surface area contributed by atoms with Gasteiger partial charge in [0.1, 0.15) is 23.0 Å². The van der Waals surface area contributed by atoms with E-state index in [1.54, 1.807) is 73.8 Å². The van der Waals surface area contributed by atoms with E-state index < -0.39 is 23.7 Å². The van der Waals surface area contributed by atoms with Crippen LogP contribution in [0.4, 0.5) is 5.69 Å². The second-order valence-corrected chi connectivity index (χ2v) is 9.14. The van der Waals surface area contributed by atoms with E-state index in [0.29, 0.717) is 28.3 Å². The Kier molecular flexibility index (Phi) is 7.52. The van der Waals surface area contributed by atoms with Crippen molar-refractivity contribution in [2.24, 2.45) is 0 Å². The highest BCUT2D eigenvalue weighted by atomic mass is 16.5. The van der Waals surface area contributed by atoms with Crippen molar-refractivity contribution in [1.82, 2.24) is 0 Å². The van der Waals surface area contributed by atoms with Crippen LogP contribution in [0.1, 0.15) is 49.4 Å². The minimum atomic E-state index is -0.983. The SMILES string of the molecule is COc1ccc(N2C(=O)C(=O)/C(=C(/O)c3ccc(OC)c(C(C)C)c3)C2c2cccc(OC(C)=O)c2)cc1. The van der Waals surface area contributed by atoms with Crippen LogP contribution < -0.4 is 19.1 Å². The highest BCUT2D eigenvalue weighted by Crippen LogP contribution is 2.43. The lowest BCUT2D eigenvalue weighted by Crippen LogP contribution is -2.29. The number of anilines is 1. The van der Waals surface area contributed by atoms with Crippen molar-refractivity contribution in [3.8, 4) is 17.2 Å². The Morgan fingerprint density at radius 2 is 1.63 bits per heavy atom. The van der Waals surface area contributed by atoms with Gasteiger partial charge in [-0.25, -0.2) is 0 Å². The monoisotopic (exact) mass is 515 g/mol. The molecule has 3 aromatic rings. The zero-order valence-electron chi connectivity index (χ0n) is 21.8. The van der Waals surface area contributed by atoms with Crippen molar-refractivity contribution in [3.63, 3.8) is 0 Å². The van der Waals surface area contributed by atoms with Crippen molar-refractivity contribution in [2.45, 2.75) is 32.7 Å². The van der Waals surface area contributed by atoms with E-state index in [1.807, 2.05) is 13.8 Å². The Bertz CT molecular complexity index is 1420. The fourth-order valence-electron chi connectivity index (χ4n) is 4.56. The Balaban J connectivity index is 1.94. The first-order valence-electron chi connectivity index (χ1n) is 12.1. The zero-order chi connectivity index (χ0) is 27.6. The summed E-state index contributed by atoms with van der Waals surface area (Å²) in [6.07, 6.45) is 0. The van der Waals surface area contributed by atoms with Gasteiger partial charge in [0.05, 0.1) is 25.8 Å². The average Bonchev–Trinajstić information content (AvgIpc) is 3.17. The normalized spacial score (nSPS) is 16.6. The molecule has 1 saturated heterocycles. The summed E-state index contributed by atoms with van der Waals surface area (Å²) in [5, 5.41) is 11.5. The molecule has 196 valence electrons. The van der Waals surface area contributed by atoms with Crippen LogP contribution in [0.15, 0.2) is 72.3 Å². The molecule has 1 heterocycles. The summed E-state index contributed by atoms with van der Waals surface area (Å²) in [5.41, 5.74) is 2.06. The van der Waals surface area contributed by atoms with E-state index in [1.165, 1.54) is 18.9 Å². The first-order valence-corrected chi connectivity index (χ1v) is 12.1. The number of rotatable bonds is 7. The van der Waals surface area contributed by atoms with Crippen molar-refractivity contribution in [3.05, 3.63) is 89.0 Å². The molecule has 38 heavy (non-hydrogen) atoms. The van der Waals surface area contributed by atoms with E-state index in [0.717, 1.165) is 5.56 Å². The minimum Gasteiger partial charge on any atom is -0.507 e. The first-order chi connectivity index (χ1) is 18.2. The number of esters is 1. The topological polar surface area (TPSA) is 102 Å². The molecule has 1 atom stereocenters. The molecule has 1 aliphatic rings. The predicted molar refractivity (Wildman–Crippen MR) is 143 cm³/mol. The third-order valence-corrected chi connectivity index (χ3v) is 6.36. The Morgan fingerprint density at radius 1 is 0.921 bits per heavy atom. The van der Waals surface area contributed by atoms with Gasteiger partial charge in [-0.1, -0.05) is 26.0 Å². The maximum Gasteiger partial charge on any atom is 0.308 e. The van der Waals surface area contributed by atoms with Gasteiger partial charge in [0, 0.05) is 18.2 Å². The van der Waals surface area contributed by atoms with Gasteiger partial charge in [-0.2, -0.15) is 0 Å². The third kappa shape index (κ3) is 4.98. The van der Waals surface area contributed by atoms with E-state index in [2.05, 4.69) is 0 Å². The van der Waals surface area contributed by atoms with Crippen molar-refractivity contribution in [1.29, 1.82) is 0 Å². The molecular formula is C30H29NO7. The van der Waals surface area contributed by atoms with Gasteiger partial charge >= 0.3 is 5.97 Å². The molecule has 1 amide bonds. The molecule has 1 N–H and O–H groups in total. The zero-order valence-corrected chi connectivity index (χ0v) is 21.8. The van der Waals surface area contributed by atoms with Crippen LogP contribution in [0.25, 0.3) is 5.76 Å². The van der Waals surface area contributed by atoms with E-state index in [-0.39, 0.29) is 23.0 Å². The molecule has 4 rings (SSSR count). The number of carbonyl (C=O) groups excluding carboxylic acids is 3. The molecule has 3 aromatic carbocycles. The number of nitrogens with zero attached hydrogens (tertiary/aromatic N) is 1. The van der Waals surface area contributed by atoms with Crippen LogP contribution in [0.2, 0.25) is 0 Å². The molecule has 0 aromatic heterocycles. The summed E-state index contributed by atoms with van der Waals surface area (Å²) in [6, 6.07) is 17.4. The molecule has 0 aliphatic carbocycles. The van der Waals surface area contributed by atoms with Crippen molar-refractivity contribution in [2.75, 3.05) is 19.1 Å².